The van der Waals surface area contributed by atoms with Crippen LogP contribution in [0.15, 0.2) is 85.3 Å². The normalized spacial score (nSPS) is 12.3. The molecule has 0 saturated heterocycles. The first-order chi connectivity index (χ1) is 14.8. The molecule has 0 heterocycles. The van der Waals surface area contributed by atoms with Gasteiger partial charge in [0.15, 0.2) is 0 Å². The van der Waals surface area contributed by atoms with Gasteiger partial charge in [-0.2, -0.15) is 0 Å². The maximum Gasteiger partial charge on any atom is 0.338 e. The lowest BCUT2D eigenvalue weighted by molar-refractivity contribution is 0.0197. The van der Waals surface area contributed by atoms with Crippen LogP contribution in [-0.4, -0.2) is 47.6 Å². The van der Waals surface area contributed by atoms with Gasteiger partial charge < -0.3 is 24.4 Å². The second-order valence-corrected chi connectivity index (χ2v) is 6.82. The van der Waals surface area contributed by atoms with Crippen molar-refractivity contribution in [2.75, 3.05) is 13.2 Å². The monoisotopic (exact) mass is 426 g/mol. The molecule has 31 heavy (non-hydrogen) atoms. The average molecular weight is 426 g/mol. The second-order valence-electron chi connectivity index (χ2n) is 6.82. The number of aliphatic hydroxyl groups is 2. The van der Waals surface area contributed by atoms with Crippen LogP contribution < -0.4 is 0 Å². The molecule has 2 N–H and O–H groups in total. The highest BCUT2D eigenvalue weighted by atomic mass is 16.5. The second kappa shape index (κ2) is 12.3. The number of ether oxygens (including phenoxy) is 3. The first-order valence-electron chi connectivity index (χ1n) is 9.69. The summed E-state index contributed by atoms with van der Waals surface area (Å²) in [5.74, 6) is -0.684. The van der Waals surface area contributed by atoms with Gasteiger partial charge in [-0.1, -0.05) is 49.6 Å². The molecule has 2 atom stereocenters. The van der Waals surface area contributed by atoms with E-state index in [1.54, 1.807) is 60.7 Å². The summed E-state index contributed by atoms with van der Waals surface area (Å²) in [6, 6.07) is 16.9. The molecule has 2 aromatic carbocycles. The fourth-order valence-electron chi connectivity index (χ4n) is 2.59. The summed E-state index contributed by atoms with van der Waals surface area (Å²) >= 11 is 0. The fourth-order valence-corrected chi connectivity index (χ4v) is 2.59. The lowest BCUT2D eigenvalue weighted by Crippen LogP contribution is -2.21. The third-order valence-corrected chi connectivity index (χ3v) is 4.05. The molecule has 0 fully saturated rings. The molecule has 0 radical (unpaired) electrons. The van der Waals surface area contributed by atoms with Crippen molar-refractivity contribution < 1.29 is 34.0 Å². The van der Waals surface area contributed by atoms with Gasteiger partial charge >= 0.3 is 11.9 Å². The molecule has 164 valence electrons. The Morgan fingerprint density at radius 3 is 1.42 bits per heavy atom. The summed E-state index contributed by atoms with van der Waals surface area (Å²) in [6.45, 7) is 6.94. The molecular formula is C24H26O7. The zero-order chi connectivity index (χ0) is 22.6. The molecule has 0 spiro atoms. The summed E-state index contributed by atoms with van der Waals surface area (Å²) in [6.07, 6.45) is -1.99. The highest BCUT2D eigenvalue weighted by Gasteiger charge is 2.16. The van der Waals surface area contributed by atoms with Crippen molar-refractivity contribution in [3.8, 4) is 0 Å². The zero-order valence-electron chi connectivity index (χ0n) is 17.1. The van der Waals surface area contributed by atoms with E-state index in [2.05, 4.69) is 13.2 Å². The highest BCUT2D eigenvalue weighted by molar-refractivity contribution is 5.89. The Hall–Kier alpha value is -3.42. The maximum absolute atomic E-state index is 11.9. The first kappa shape index (κ1) is 23.9. The van der Waals surface area contributed by atoms with Gasteiger partial charge in [0.25, 0.3) is 0 Å². The van der Waals surface area contributed by atoms with Crippen molar-refractivity contribution in [1.82, 2.24) is 0 Å². The maximum atomic E-state index is 11.9. The molecule has 0 aromatic heterocycles. The largest absolute Gasteiger partial charge is 0.467 e. The van der Waals surface area contributed by atoms with Gasteiger partial charge in [0.2, 0.25) is 0 Å². The van der Waals surface area contributed by atoms with Crippen molar-refractivity contribution in [1.29, 1.82) is 0 Å². The molecule has 0 amide bonds. The Labute approximate surface area is 181 Å². The molecule has 7 nitrogen and oxygen atoms in total. The van der Waals surface area contributed by atoms with E-state index in [0.29, 0.717) is 11.1 Å². The van der Waals surface area contributed by atoms with Crippen LogP contribution in [0.3, 0.4) is 0 Å². The SMILES string of the molecule is C=C(CC(O)COC(=O)c1ccccc1)OC(=C)CC(O)COC(=O)c1ccccc1. The smallest absolute Gasteiger partial charge is 0.338 e. The Morgan fingerprint density at radius 1 is 0.710 bits per heavy atom. The van der Waals surface area contributed by atoms with E-state index in [1.165, 1.54) is 0 Å². The van der Waals surface area contributed by atoms with Crippen LogP contribution >= 0.6 is 0 Å². The van der Waals surface area contributed by atoms with Gasteiger partial charge in [0.1, 0.15) is 13.2 Å². The van der Waals surface area contributed by atoms with E-state index in [1.807, 2.05) is 0 Å². The van der Waals surface area contributed by atoms with E-state index in [-0.39, 0.29) is 37.6 Å². The van der Waals surface area contributed by atoms with Crippen LogP contribution in [-0.2, 0) is 14.2 Å². The van der Waals surface area contributed by atoms with E-state index in [0.717, 1.165) is 0 Å². The molecule has 2 rings (SSSR count). The minimum absolute atomic E-state index is 0.0141. The van der Waals surface area contributed by atoms with Crippen molar-refractivity contribution in [3.63, 3.8) is 0 Å². The molecule has 0 bridgehead atoms. The Bertz CT molecular complexity index is 804. The predicted molar refractivity (Wildman–Crippen MR) is 114 cm³/mol. The van der Waals surface area contributed by atoms with Crippen molar-refractivity contribution in [2.24, 2.45) is 0 Å². The summed E-state index contributed by atoms with van der Waals surface area (Å²) in [7, 11) is 0. The standard InChI is InChI=1S/C24H26O7/c1-17(13-21(25)15-29-23(27)19-9-5-3-6-10-19)31-18(2)14-22(26)16-30-24(28)20-11-7-4-8-12-20/h3-12,21-22,25-26H,1-2,13-16H2. The molecule has 2 aromatic rings. The number of rotatable bonds is 12. The third-order valence-electron chi connectivity index (χ3n) is 4.05. The predicted octanol–water partition coefficient (Wildman–Crippen LogP) is 3.25. The lowest BCUT2D eigenvalue weighted by Gasteiger charge is -2.17. The van der Waals surface area contributed by atoms with Crippen LogP contribution in [0, 0.1) is 0 Å². The van der Waals surface area contributed by atoms with Crippen LogP contribution in [0.4, 0.5) is 0 Å². The van der Waals surface area contributed by atoms with Gasteiger partial charge in [0, 0.05) is 12.8 Å². The number of aliphatic hydroxyl groups excluding tert-OH is 2. The van der Waals surface area contributed by atoms with Gasteiger partial charge in [-0.3, -0.25) is 0 Å². The van der Waals surface area contributed by atoms with Gasteiger partial charge in [-0.05, 0) is 24.3 Å². The van der Waals surface area contributed by atoms with Crippen LogP contribution in [0.5, 0.6) is 0 Å². The lowest BCUT2D eigenvalue weighted by atomic mass is 10.2. The molecule has 2 unspecified atom stereocenters. The number of esters is 2. The molecular weight excluding hydrogens is 400 g/mol. The Morgan fingerprint density at radius 2 is 1.06 bits per heavy atom. The first-order valence-corrected chi connectivity index (χ1v) is 9.69. The summed E-state index contributed by atoms with van der Waals surface area (Å²) in [5.41, 5.74) is 0.778. The van der Waals surface area contributed by atoms with Crippen molar-refractivity contribution in [2.45, 2.75) is 25.0 Å². The third kappa shape index (κ3) is 8.86. The van der Waals surface area contributed by atoms with Gasteiger partial charge in [0.05, 0.1) is 34.9 Å². The van der Waals surface area contributed by atoms with E-state index >= 15 is 0 Å². The molecule has 0 saturated carbocycles. The Balaban J connectivity index is 1.65. The Kier molecular flexibility index (Phi) is 9.48. The van der Waals surface area contributed by atoms with Crippen molar-refractivity contribution >= 4 is 11.9 Å². The molecule has 7 heteroatoms. The van der Waals surface area contributed by atoms with E-state index in [9.17, 15) is 19.8 Å². The van der Waals surface area contributed by atoms with Gasteiger partial charge in [-0.15, -0.1) is 0 Å². The van der Waals surface area contributed by atoms with Crippen LogP contribution in [0.2, 0.25) is 0 Å². The van der Waals surface area contributed by atoms with Gasteiger partial charge in [-0.25, -0.2) is 9.59 Å². The van der Waals surface area contributed by atoms with E-state index in [4.69, 9.17) is 14.2 Å². The average Bonchev–Trinajstić information content (AvgIpc) is 2.76. The number of hydrogen-bond donors (Lipinski definition) is 2. The highest BCUT2D eigenvalue weighted by Crippen LogP contribution is 2.15. The number of hydrogen-bond acceptors (Lipinski definition) is 7. The number of benzene rings is 2. The quantitative estimate of drug-likeness (QED) is 0.397. The zero-order valence-corrected chi connectivity index (χ0v) is 17.1. The van der Waals surface area contributed by atoms with E-state index < -0.39 is 24.1 Å². The van der Waals surface area contributed by atoms with Crippen molar-refractivity contribution in [3.05, 3.63) is 96.5 Å². The fraction of sp³-hybridized carbons (Fsp3) is 0.250. The van der Waals surface area contributed by atoms with Crippen LogP contribution in [0.1, 0.15) is 33.6 Å². The summed E-state index contributed by atoms with van der Waals surface area (Å²) in [5, 5.41) is 20.0. The summed E-state index contributed by atoms with van der Waals surface area (Å²) < 4.78 is 15.5. The van der Waals surface area contributed by atoms with Crippen LogP contribution in [0.25, 0.3) is 0 Å². The minimum Gasteiger partial charge on any atom is -0.467 e. The topological polar surface area (TPSA) is 102 Å². The number of carbonyl (C=O) groups excluding carboxylic acids is 2. The molecule has 0 aliphatic heterocycles. The molecule has 0 aliphatic carbocycles. The minimum atomic E-state index is -1.01. The number of carbonyl (C=O) groups is 2. The summed E-state index contributed by atoms with van der Waals surface area (Å²) in [4.78, 5) is 23.7. The molecule has 0 aliphatic rings.